The molecule has 3 heterocycles. The van der Waals surface area contributed by atoms with Gasteiger partial charge in [0.15, 0.2) is 11.6 Å². The predicted octanol–water partition coefficient (Wildman–Crippen LogP) is 2.07. The van der Waals surface area contributed by atoms with Crippen molar-refractivity contribution < 1.29 is 19.3 Å². The Morgan fingerprint density at radius 2 is 2.30 bits per heavy atom. The first kappa shape index (κ1) is 17.7. The van der Waals surface area contributed by atoms with E-state index in [0.717, 1.165) is 12.8 Å². The van der Waals surface area contributed by atoms with Crippen LogP contribution < -0.4 is 20.8 Å². The second-order valence-corrected chi connectivity index (χ2v) is 7.74. The number of pyridine rings is 1. The Morgan fingerprint density at radius 3 is 2.96 bits per heavy atom. The van der Waals surface area contributed by atoms with Gasteiger partial charge in [0.1, 0.15) is 11.2 Å². The van der Waals surface area contributed by atoms with E-state index in [0.29, 0.717) is 31.4 Å². The molecule has 4 rings (SSSR count). The van der Waals surface area contributed by atoms with Crippen LogP contribution in [-0.2, 0) is 0 Å². The van der Waals surface area contributed by atoms with Crippen molar-refractivity contribution in [1.82, 2.24) is 14.9 Å². The van der Waals surface area contributed by atoms with Gasteiger partial charge < -0.3 is 15.8 Å². The van der Waals surface area contributed by atoms with E-state index in [4.69, 9.17) is 22.1 Å². The van der Waals surface area contributed by atoms with Gasteiger partial charge >= 0.3 is 5.88 Å². The van der Waals surface area contributed by atoms with Crippen LogP contribution >= 0.6 is 22.9 Å². The molecule has 0 aromatic carbocycles. The molecule has 1 saturated carbocycles. The van der Waals surface area contributed by atoms with Crippen LogP contribution in [-0.4, -0.2) is 34.0 Å². The first-order valence-electron chi connectivity index (χ1n) is 8.34. The molecule has 1 aliphatic carbocycles. The number of nitrogens with two attached hydrogens (primary N) is 1. The summed E-state index contributed by atoms with van der Waals surface area (Å²) in [6, 6.07) is 0.240. The van der Waals surface area contributed by atoms with E-state index in [2.05, 4.69) is 15.3 Å². The molecule has 0 radical (unpaired) electrons. The molecular weight excluding hydrogens is 390 g/mol. The lowest BCUT2D eigenvalue weighted by Gasteiger charge is -2.05. The van der Waals surface area contributed by atoms with Crippen molar-refractivity contribution in [3.8, 4) is 5.88 Å². The predicted molar refractivity (Wildman–Crippen MR) is 101 cm³/mol. The Balaban J connectivity index is 1.63. The van der Waals surface area contributed by atoms with E-state index in [-0.39, 0.29) is 30.3 Å². The maximum atomic E-state index is 12.4. The Bertz CT molecular complexity index is 1040. The third kappa shape index (κ3) is 3.35. The van der Waals surface area contributed by atoms with Gasteiger partial charge in [0, 0.05) is 18.4 Å². The number of imidazole rings is 1. The third-order valence-corrected chi connectivity index (χ3v) is 5.90. The molecule has 8 nitrogen and oxygen atoms in total. The zero-order chi connectivity index (χ0) is 19.1. The van der Waals surface area contributed by atoms with Crippen molar-refractivity contribution in [2.24, 2.45) is 0 Å². The molecule has 0 spiro atoms. The summed E-state index contributed by atoms with van der Waals surface area (Å²) in [5.74, 6) is -0.215. The smallest absolute Gasteiger partial charge is 0.387 e. The average Bonchev–Trinajstić information content (AvgIpc) is 3.16. The minimum absolute atomic E-state index is 0.183. The summed E-state index contributed by atoms with van der Waals surface area (Å²) in [4.78, 5) is 32.5. The molecule has 1 fully saturated rings. The van der Waals surface area contributed by atoms with Gasteiger partial charge in [-0.15, -0.1) is 0 Å². The number of nitrogens with one attached hydrogen (secondary N) is 2. The highest BCUT2D eigenvalue weighted by molar-refractivity contribution is 7.20. The maximum absolute atomic E-state index is 12.4. The molecule has 0 saturated heterocycles. The van der Waals surface area contributed by atoms with Gasteiger partial charge in [0.05, 0.1) is 11.1 Å². The Labute approximate surface area is 163 Å². The number of nitrogens with zero attached hydrogens (tertiary/aromatic N) is 2. The molecule has 10 heteroatoms. The number of nitrogen functional groups attached to an aromatic ring is 1. The fourth-order valence-corrected chi connectivity index (χ4v) is 3.98. The van der Waals surface area contributed by atoms with Gasteiger partial charge in [0.2, 0.25) is 0 Å². The van der Waals surface area contributed by atoms with E-state index in [1.165, 1.54) is 34.6 Å². The molecule has 27 heavy (non-hydrogen) atoms. The van der Waals surface area contributed by atoms with E-state index in [1.807, 2.05) is 0 Å². The first-order valence-corrected chi connectivity index (χ1v) is 9.53. The average molecular weight is 407 g/mol. The summed E-state index contributed by atoms with van der Waals surface area (Å²) < 4.78 is 6.90. The second kappa shape index (κ2) is 6.82. The standard InChI is InChI=1S/C17H16ClN5O3S/c1-8-11-13(19)14(15(25)21-9-2-3-9)27-17(11)22-16(12(8)18)26-6-10(24)23-5-4-20-7-23/h4-5,7,9H,2-3,6,19H2,1H3,(H,21,25)/p+1. The summed E-state index contributed by atoms with van der Waals surface area (Å²) in [5, 5.41) is 3.95. The fraction of sp³-hybridized carbons (Fsp3) is 0.294. The molecule has 0 bridgehead atoms. The van der Waals surface area contributed by atoms with E-state index < -0.39 is 0 Å². The number of H-pyrrole nitrogens is 1. The lowest BCUT2D eigenvalue weighted by molar-refractivity contribution is -0.359. The van der Waals surface area contributed by atoms with Gasteiger partial charge in [-0.1, -0.05) is 22.9 Å². The lowest BCUT2D eigenvalue weighted by Crippen LogP contribution is -2.25. The minimum atomic E-state index is -0.287. The number of rotatable bonds is 5. The monoisotopic (exact) mass is 406 g/mol. The molecule has 3 aromatic heterocycles. The highest BCUT2D eigenvalue weighted by Gasteiger charge is 2.30. The van der Waals surface area contributed by atoms with Crippen molar-refractivity contribution in [3.63, 3.8) is 0 Å². The van der Waals surface area contributed by atoms with E-state index >= 15 is 0 Å². The summed E-state index contributed by atoms with van der Waals surface area (Å²) in [7, 11) is 0. The number of halogens is 1. The normalized spacial score (nSPS) is 13.7. The van der Waals surface area contributed by atoms with Crippen molar-refractivity contribution in [2.75, 3.05) is 12.3 Å². The van der Waals surface area contributed by atoms with Crippen molar-refractivity contribution in [2.45, 2.75) is 25.8 Å². The van der Waals surface area contributed by atoms with Crippen LogP contribution in [0.4, 0.5) is 5.69 Å². The molecule has 0 aliphatic heterocycles. The number of anilines is 1. The maximum Gasteiger partial charge on any atom is 0.387 e. The zero-order valence-electron chi connectivity index (χ0n) is 14.4. The van der Waals surface area contributed by atoms with Gasteiger partial charge in [-0.3, -0.25) is 14.2 Å². The van der Waals surface area contributed by atoms with Gasteiger partial charge in [-0.2, -0.15) is 4.98 Å². The Morgan fingerprint density at radius 1 is 1.52 bits per heavy atom. The summed E-state index contributed by atoms with van der Waals surface area (Å²) >= 11 is 7.64. The van der Waals surface area contributed by atoms with Gasteiger partial charge in [-0.05, 0) is 25.3 Å². The van der Waals surface area contributed by atoms with Crippen molar-refractivity contribution >= 4 is 50.7 Å². The molecular formula is C17H17ClN5O3S+. The van der Waals surface area contributed by atoms with Crippen LogP contribution in [0.3, 0.4) is 0 Å². The number of hydrogen-bond donors (Lipinski definition) is 2. The summed E-state index contributed by atoms with van der Waals surface area (Å²) in [6.45, 7) is 1.59. The van der Waals surface area contributed by atoms with Gasteiger partial charge in [0.25, 0.3) is 16.6 Å². The summed E-state index contributed by atoms with van der Waals surface area (Å²) in [5.41, 5.74) is 7.29. The number of hydrogen-bond acceptors (Lipinski definition) is 6. The van der Waals surface area contributed by atoms with Crippen LogP contribution in [0.5, 0.6) is 5.88 Å². The van der Waals surface area contributed by atoms with Crippen LogP contribution in [0.1, 0.15) is 32.9 Å². The van der Waals surface area contributed by atoms with Crippen LogP contribution in [0.2, 0.25) is 5.02 Å². The number of aromatic amines is 1. The molecule has 140 valence electrons. The topological polar surface area (TPSA) is 113 Å². The zero-order valence-corrected chi connectivity index (χ0v) is 16.0. The lowest BCUT2D eigenvalue weighted by atomic mass is 10.1. The molecule has 1 amide bonds. The number of thiophene rings is 1. The Hall–Kier alpha value is -2.65. The number of ether oxygens (including phenoxy) is 1. The molecule has 0 unspecified atom stereocenters. The number of fused-ring (bicyclic) bond motifs is 1. The highest BCUT2D eigenvalue weighted by atomic mass is 35.5. The van der Waals surface area contributed by atoms with Crippen molar-refractivity contribution in [3.05, 3.63) is 34.2 Å². The number of aromatic nitrogens is 3. The van der Waals surface area contributed by atoms with E-state index in [1.54, 1.807) is 6.92 Å². The van der Waals surface area contributed by atoms with Gasteiger partial charge in [-0.25, -0.2) is 4.98 Å². The van der Waals surface area contributed by atoms with Crippen LogP contribution in [0.15, 0.2) is 18.7 Å². The number of aryl methyl sites for hydroxylation is 1. The molecule has 3 aromatic rings. The third-order valence-electron chi connectivity index (χ3n) is 4.33. The summed E-state index contributed by atoms with van der Waals surface area (Å²) in [6.07, 6.45) is 6.44. The molecule has 4 N–H and O–H groups in total. The number of carbonyl (C=O) groups excluding carboxylic acids is 2. The van der Waals surface area contributed by atoms with Crippen molar-refractivity contribution in [1.29, 1.82) is 0 Å². The molecule has 1 aliphatic rings. The van der Waals surface area contributed by atoms with Crippen LogP contribution in [0, 0.1) is 6.92 Å². The number of amides is 1. The largest absolute Gasteiger partial charge is 0.433 e. The quantitative estimate of drug-likeness (QED) is 0.673. The Kier molecular flexibility index (Phi) is 4.48. The highest BCUT2D eigenvalue weighted by Crippen LogP contribution is 2.38. The number of carbonyl (C=O) groups is 2. The fourth-order valence-electron chi connectivity index (χ4n) is 2.70. The SMILES string of the molecule is Cc1c(Cl)c(OCC(=O)n2ccnc2)[nH+]c2sc(C(=O)NC3CC3)c(N)c12. The minimum Gasteiger partial charge on any atom is -0.433 e. The second-order valence-electron chi connectivity index (χ2n) is 6.34. The first-order chi connectivity index (χ1) is 13.0. The van der Waals surface area contributed by atoms with E-state index in [9.17, 15) is 9.59 Å². The molecule has 0 atom stereocenters. The van der Waals surface area contributed by atoms with Crippen LogP contribution in [0.25, 0.3) is 10.2 Å².